The fraction of sp³-hybridized carbons (Fsp3) is 0.258. The fourth-order valence-corrected chi connectivity index (χ4v) is 4.81. The molecule has 3 aromatic carbocycles. The van der Waals surface area contributed by atoms with Crippen LogP contribution in [0.3, 0.4) is 0 Å². The second-order valence-electron chi connectivity index (χ2n) is 9.58. The molecule has 38 heavy (non-hydrogen) atoms. The minimum atomic E-state index is -0.791. The number of rotatable bonds is 7. The maximum Gasteiger partial charge on any atom is 0.337 e. The van der Waals surface area contributed by atoms with Crippen molar-refractivity contribution in [2.45, 2.75) is 39.3 Å². The molecule has 1 heterocycles. The van der Waals surface area contributed by atoms with Crippen LogP contribution in [0.15, 0.2) is 72.3 Å². The monoisotopic (exact) mass is 513 g/mol. The zero-order valence-corrected chi connectivity index (χ0v) is 22.1. The lowest BCUT2D eigenvalue weighted by Crippen LogP contribution is -2.29. The third-order valence-electron chi connectivity index (χ3n) is 6.88. The van der Waals surface area contributed by atoms with Gasteiger partial charge in [0.05, 0.1) is 31.4 Å². The number of aliphatic hydroxyl groups excluding tert-OH is 1. The van der Waals surface area contributed by atoms with Crippen LogP contribution in [0.25, 0.3) is 5.76 Å². The fourth-order valence-electron chi connectivity index (χ4n) is 4.81. The van der Waals surface area contributed by atoms with Gasteiger partial charge in [-0.1, -0.05) is 50.2 Å². The molecule has 196 valence electrons. The van der Waals surface area contributed by atoms with Crippen LogP contribution in [0, 0.1) is 6.92 Å². The largest absolute Gasteiger partial charge is 0.507 e. The maximum atomic E-state index is 13.4. The SMILES string of the molecule is COC(=O)c1ccc(CN2C(=O)C(=O)/C(=C(/O)c3ccc(OC)c(C(C)C)c3)C2c2ccccc2C)cc1. The minimum Gasteiger partial charge on any atom is -0.507 e. The predicted octanol–water partition coefficient (Wildman–Crippen LogP) is 5.54. The van der Waals surface area contributed by atoms with Crippen molar-refractivity contribution >= 4 is 23.4 Å². The standard InChI is InChI=1S/C31H31NO6/c1-18(2)24-16-22(14-15-25(24)37-4)28(33)26-27(23-9-7-6-8-19(23)3)32(30(35)29(26)34)17-20-10-12-21(13-11-20)31(36)38-5/h6-16,18,27,33H,17H2,1-5H3/b28-26+. The number of benzene rings is 3. The van der Waals surface area contributed by atoms with Crippen LogP contribution in [0.1, 0.15) is 64.0 Å². The first-order valence-electron chi connectivity index (χ1n) is 12.4. The van der Waals surface area contributed by atoms with Gasteiger partial charge < -0.3 is 19.5 Å². The van der Waals surface area contributed by atoms with Crippen LogP contribution < -0.4 is 4.74 Å². The van der Waals surface area contributed by atoms with E-state index in [1.165, 1.54) is 12.0 Å². The van der Waals surface area contributed by atoms with Gasteiger partial charge in [-0.2, -0.15) is 0 Å². The van der Waals surface area contributed by atoms with Crippen molar-refractivity contribution in [3.8, 4) is 5.75 Å². The molecule has 7 heteroatoms. The summed E-state index contributed by atoms with van der Waals surface area (Å²) in [6, 6.07) is 18.6. The molecule has 1 fully saturated rings. The summed E-state index contributed by atoms with van der Waals surface area (Å²) < 4.78 is 10.2. The van der Waals surface area contributed by atoms with E-state index >= 15 is 0 Å². The highest BCUT2D eigenvalue weighted by Crippen LogP contribution is 2.42. The average molecular weight is 514 g/mol. The van der Waals surface area contributed by atoms with Crippen LogP contribution in [-0.2, 0) is 20.9 Å². The number of hydrogen-bond acceptors (Lipinski definition) is 6. The Morgan fingerprint density at radius 2 is 1.63 bits per heavy atom. The van der Waals surface area contributed by atoms with E-state index in [1.54, 1.807) is 49.6 Å². The van der Waals surface area contributed by atoms with Gasteiger partial charge in [0.15, 0.2) is 0 Å². The van der Waals surface area contributed by atoms with Gasteiger partial charge in [-0.3, -0.25) is 9.59 Å². The topological polar surface area (TPSA) is 93.1 Å². The Balaban J connectivity index is 1.84. The van der Waals surface area contributed by atoms with Gasteiger partial charge in [-0.15, -0.1) is 0 Å². The molecule has 0 aromatic heterocycles. The summed E-state index contributed by atoms with van der Waals surface area (Å²) in [4.78, 5) is 40.1. The molecule has 1 atom stereocenters. The van der Waals surface area contributed by atoms with E-state index < -0.39 is 23.7 Å². The smallest absolute Gasteiger partial charge is 0.337 e. The first-order valence-corrected chi connectivity index (χ1v) is 12.4. The Hall–Kier alpha value is -4.39. The molecule has 1 aliphatic rings. The van der Waals surface area contributed by atoms with E-state index in [0.717, 1.165) is 22.3 Å². The quantitative estimate of drug-likeness (QED) is 0.193. The van der Waals surface area contributed by atoms with Gasteiger partial charge in [0.1, 0.15) is 11.5 Å². The Morgan fingerprint density at radius 1 is 0.974 bits per heavy atom. The molecule has 3 aromatic rings. The lowest BCUT2D eigenvalue weighted by atomic mass is 9.91. The number of nitrogens with zero attached hydrogens (tertiary/aromatic N) is 1. The van der Waals surface area contributed by atoms with Gasteiger partial charge >= 0.3 is 5.97 Å². The van der Waals surface area contributed by atoms with E-state index in [-0.39, 0.29) is 23.8 Å². The van der Waals surface area contributed by atoms with Crippen LogP contribution >= 0.6 is 0 Å². The molecule has 1 unspecified atom stereocenters. The van der Waals surface area contributed by atoms with Gasteiger partial charge in [0, 0.05) is 12.1 Å². The van der Waals surface area contributed by atoms with Crippen molar-refractivity contribution in [2.75, 3.05) is 14.2 Å². The Labute approximate surface area is 222 Å². The molecule has 0 spiro atoms. The molecule has 1 aliphatic heterocycles. The highest BCUT2D eigenvalue weighted by Gasteiger charge is 2.46. The van der Waals surface area contributed by atoms with Crippen molar-refractivity contribution in [3.05, 3.63) is 106 Å². The molecule has 4 rings (SSSR count). The first kappa shape index (κ1) is 26.7. The van der Waals surface area contributed by atoms with E-state index in [4.69, 9.17) is 9.47 Å². The molecular formula is C31H31NO6. The summed E-state index contributed by atoms with van der Waals surface area (Å²) in [5.74, 6) is -1.34. The Bertz CT molecular complexity index is 1420. The third-order valence-corrected chi connectivity index (χ3v) is 6.88. The van der Waals surface area contributed by atoms with Crippen molar-refractivity contribution < 1.29 is 29.0 Å². The number of amides is 1. The number of esters is 1. The molecule has 0 bridgehead atoms. The van der Waals surface area contributed by atoms with E-state index in [0.29, 0.717) is 16.9 Å². The van der Waals surface area contributed by atoms with Crippen LogP contribution in [0.2, 0.25) is 0 Å². The van der Waals surface area contributed by atoms with Crippen molar-refractivity contribution in [1.29, 1.82) is 0 Å². The summed E-state index contributed by atoms with van der Waals surface area (Å²) in [5, 5.41) is 11.5. The summed E-state index contributed by atoms with van der Waals surface area (Å²) in [7, 11) is 2.90. The summed E-state index contributed by atoms with van der Waals surface area (Å²) >= 11 is 0. The van der Waals surface area contributed by atoms with E-state index in [9.17, 15) is 19.5 Å². The van der Waals surface area contributed by atoms with Crippen molar-refractivity contribution in [2.24, 2.45) is 0 Å². The number of ether oxygens (including phenoxy) is 2. The average Bonchev–Trinajstić information content (AvgIpc) is 3.17. The highest BCUT2D eigenvalue weighted by molar-refractivity contribution is 6.46. The Morgan fingerprint density at radius 3 is 2.24 bits per heavy atom. The third kappa shape index (κ3) is 4.92. The molecule has 7 nitrogen and oxygen atoms in total. The zero-order chi connectivity index (χ0) is 27.6. The summed E-state index contributed by atoms with van der Waals surface area (Å²) in [6.07, 6.45) is 0. The summed E-state index contributed by atoms with van der Waals surface area (Å²) in [5.41, 5.74) is 4.10. The molecule has 1 N–H and O–H groups in total. The van der Waals surface area contributed by atoms with Gasteiger partial charge in [0.2, 0.25) is 0 Å². The van der Waals surface area contributed by atoms with E-state index in [2.05, 4.69) is 0 Å². The van der Waals surface area contributed by atoms with Gasteiger partial charge in [-0.05, 0) is 65.4 Å². The van der Waals surface area contributed by atoms with Gasteiger partial charge in [-0.25, -0.2) is 4.79 Å². The lowest BCUT2D eigenvalue weighted by molar-refractivity contribution is -0.140. The van der Waals surface area contributed by atoms with Crippen molar-refractivity contribution in [1.82, 2.24) is 4.90 Å². The van der Waals surface area contributed by atoms with Crippen LogP contribution in [-0.4, -0.2) is 41.9 Å². The molecule has 0 radical (unpaired) electrons. The number of methoxy groups -OCH3 is 2. The van der Waals surface area contributed by atoms with Crippen LogP contribution in [0.4, 0.5) is 0 Å². The molecule has 1 saturated heterocycles. The molecule has 0 saturated carbocycles. The second kappa shape index (κ2) is 10.9. The Kier molecular flexibility index (Phi) is 7.67. The number of aryl methyl sites for hydroxylation is 1. The van der Waals surface area contributed by atoms with Crippen LogP contribution in [0.5, 0.6) is 5.75 Å². The van der Waals surface area contributed by atoms with Gasteiger partial charge in [0.25, 0.3) is 11.7 Å². The number of hydrogen-bond donors (Lipinski definition) is 1. The minimum absolute atomic E-state index is 0.0374. The zero-order valence-electron chi connectivity index (χ0n) is 22.1. The normalized spacial score (nSPS) is 16.7. The van der Waals surface area contributed by atoms with Crippen molar-refractivity contribution in [3.63, 3.8) is 0 Å². The number of carbonyl (C=O) groups excluding carboxylic acids is 3. The molecular weight excluding hydrogens is 482 g/mol. The number of ketones is 1. The first-order chi connectivity index (χ1) is 18.2. The second-order valence-corrected chi connectivity index (χ2v) is 9.58. The highest BCUT2D eigenvalue weighted by atomic mass is 16.5. The maximum absolute atomic E-state index is 13.4. The summed E-state index contributed by atoms with van der Waals surface area (Å²) in [6.45, 7) is 6.05. The predicted molar refractivity (Wildman–Crippen MR) is 144 cm³/mol. The number of likely N-dealkylation sites (tertiary alicyclic amines) is 1. The number of Topliss-reactive ketones (excluding diaryl/α,β-unsaturated/α-hetero) is 1. The number of carbonyl (C=O) groups is 3. The molecule has 1 amide bonds. The molecule has 0 aliphatic carbocycles. The van der Waals surface area contributed by atoms with E-state index in [1.807, 2.05) is 45.0 Å². The number of aliphatic hydroxyl groups is 1. The lowest BCUT2D eigenvalue weighted by Gasteiger charge is -2.27.